The molecule has 0 heterocycles. The van der Waals surface area contributed by atoms with Crippen LogP contribution in [0.2, 0.25) is 0 Å². The van der Waals surface area contributed by atoms with E-state index < -0.39 is 18.2 Å². The third-order valence-electron chi connectivity index (χ3n) is 3.14. The molecule has 6 heteroatoms. The number of benzene rings is 2. The van der Waals surface area contributed by atoms with Gasteiger partial charge in [-0.3, -0.25) is 0 Å². The standard InChI is InChI=1S/C17H17NO5/c18-15(16(19)20)10-12-6-8-14(9-7-12)23-17(21)22-11-13-4-2-1-3-5-13/h1-9,15H,10-11,18H2,(H,19,20)/t15-/m0/s1. The highest BCUT2D eigenvalue weighted by molar-refractivity contribution is 5.69. The van der Waals surface area contributed by atoms with E-state index in [9.17, 15) is 14.7 Å². The Morgan fingerprint density at radius 3 is 2.26 bits per heavy atom. The second-order valence-corrected chi connectivity index (χ2v) is 4.99. The van der Waals surface area contributed by atoms with Crippen LogP contribution in [-0.2, 0) is 22.6 Å². The Hall–Kier alpha value is -2.86. The quantitative estimate of drug-likeness (QED) is 0.610. The van der Waals surface area contributed by atoms with Gasteiger partial charge in [0.25, 0.3) is 0 Å². The first-order valence-corrected chi connectivity index (χ1v) is 7.06. The lowest BCUT2D eigenvalue weighted by Crippen LogP contribution is -2.69. The first kappa shape index (κ1) is 16.5. The minimum Gasteiger partial charge on any atom is -0.544 e. The molecule has 1 atom stereocenters. The van der Waals surface area contributed by atoms with Crippen LogP contribution >= 0.6 is 0 Å². The fourth-order valence-corrected chi connectivity index (χ4v) is 1.90. The molecule has 2 aromatic rings. The molecule has 0 aliphatic rings. The number of ether oxygens (including phenoxy) is 2. The molecule has 0 aromatic heterocycles. The van der Waals surface area contributed by atoms with E-state index in [1.807, 2.05) is 30.3 Å². The van der Waals surface area contributed by atoms with Crippen LogP contribution in [0, 0.1) is 0 Å². The molecule has 0 fully saturated rings. The highest BCUT2D eigenvalue weighted by Crippen LogP contribution is 2.14. The highest BCUT2D eigenvalue weighted by Gasteiger charge is 2.10. The van der Waals surface area contributed by atoms with Crippen molar-refractivity contribution < 1.29 is 29.9 Å². The zero-order chi connectivity index (χ0) is 16.7. The lowest BCUT2D eigenvalue weighted by molar-refractivity contribution is -0.437. The summed E-state index contributed by atoms with van der Waals surface area (Å²) < 4.78 is 10.0. The zero-order valence-corrected chi connectivity index (χ0v) is 12.4. The molecule has 6 nitrogen and oxygen atoms in total. The summed E-state index contributed by atoms with van der Waals surface area (Å²) in [6.45, 7) is 0.132. The molecule has 0 saturated carbocycles. The summed E-state index contributed by atoms with van der Waals surface area (Å²) in [5, 5.41) is 10.6. The van der Waals surface area contributed by atoms with Crippen LogP contribution in [0.4, 0.5) is 4.79 Å². The maximum absolute atomic E-state index is 11.6. The molecular weight excluding hydrogens is 298 g/mol. The topological polar surface area (TPSA) is 103 Å². The van der Waals surface area contributed by atoms with E-state index in [4.69, 9.17) is 9.47 Å². The molecule has 3 N–H and O–H groups in total. The molecule has 0 spiro atoms. The van der Waals surface area contributed by atoms with Gasteiger partial charge in [-0.25, -0.2) is 4.79 Å². The number of aliphatic carboxylic acids is 1. The molecule has 0 aliphatic heterocycles. The third kappa shape index (κ3) is 5.44. The first-order valence-electron chi connectivity index (χ1n) is 7.06. The summed E-state index contributed by atoms with van der Waals surface area (Å²) in [7, 11) is 0. The molecular formula is C17H17NO5. The summed E-state index contributed by atoms with van der Waals surface area (Å²) in [4.78, 5) is 22.2. The van der Waals surface area contributed by atoms with Crippen molar-refractivity contribution in [3.05, 3.63) is 65.7 Å². The van der Waals surface area contributed by atoms with Crippen molar-refractivity contribution in [2.45, 2.75) is 19.1 Å². The number of carboxylic acids is 1. The Kier molecular flexibility index (Phi) is 5.71. The van der Waals surface area contributed by atoms with Crippen molar-refractivity contribution in [1.29, 1.82) is 0 Å². The van der Waals surface area contributed by atoms with Gasteiger partial charge in [0.15, 0.2) is 0 Å². The fourth-order valence-electron chi connectivity index (χ4n) is 1.90. The molecule has 2 rings (SSSR count). The lowest BCUT2D eigenvalue weighted by Gasteiger charge is -2.10. The van der Waals surface area contributed by atoms with Crippen LogP contribution in [0.15, 0.2) is 54.6 Å². The minimum absolute atomic E-state index is 0.132. The van der Waals surface area contributed by atoms with Gasteiger partial charge in [0.05, 0.1) is 5.97 Å². The summed E-state index contributed by atoms with van der Waals surface area (Å²) in [6.07, 6.45) is -0.549. The van der Waals surface area contributed by atoms with Crippen molar-refractivity contribution in [2.24, 2.45) is 0 Å². The molecule has 0 saturated heterocycles. The second kappa shape index (κ2) is 7.95. The summed E-state index contributed by atoms with van der Waals surface area (Å²) in [5.74, 6) is -0.879. The van der Waals surface area contributed by atoms with Crippen molar-refractivity contribution in [1.82, 2.24) is 0 Å². The number of carbonyl (C=O) groups excluding carboxylic acids is 2. The normalized spacial score (nSPS) is 11.5. The van der Waals surface area contributed by atoms with Crippen LogP contribution in [0.1, 0.15) is 11.1 Å². The monoisotopic (exact) mass is 315 g/mol. The SMILES string of the molecule is [NH3+][C@@H](Cc1ccc(OC(=O)OCc2ccccc2)cc1)C(=O)[O-]. The van der Waals surface area contributed by atoms with Gasteiger partial charge in [0.1, 0.15) is 18.4 Å². The molecule has 0 amide bonds. The van der Waals surface area contributed by atoms with Crippen molar-refractivity contribution >= 4 is 12.1 Å². The average molecular weight is 315 g/mol. The predicted molar refractivity (Wildman–Crippen MR) is 79.1 cm³/mol. The van der Waals surface area contributed by atoms with Gasteiger partial charge in [-0.2, -0.15) is 0 Å². The molecule has 120 valence electrons. The maximum atomic E-state index is 11.6. The van der Waals surface area contributed by atoms with E-state index in [0.29, 0.717) is 5.75 Å². The second-order valence-electron chi connectivity index (χ2n) is 4.99. The Labute approximate surface area is 133 Å². The number of hydrogen-bond acceptors (Lipinski definition) is 5. The van der Waals surface area contributed by atoms with Gasteiger partial charge in [-0.05, 0) is 23.3 Å². The Morgan fingerprint density at radius 2 is 1.65 bits per heavy atom. The smallest absolute Gasteiger partial charge is 0.514 e. The molecule has 0 unspecified atom stereocenters. The van der Waals surface area contributed by atoms with Crippen LogP contribution in [0.5, 0.6) is 5.75 Å². The van der Waals surface area contributed by atoms with E-state index in [1.54, 1.807) is 24.3 Å². The van der Waals surface area contributed by atoms with Crippen molar-refractivity contribution in [2.75, 3.05) is 0 Å². The van der Waals surface area contributed by atoms with E-state index in [-0.39, 0.29) is 13.0 Å². The van der Waals surface area contributed by atoms with E-state index in [1.165, 1.54) is 0 Å². The van der Waals surface area contributed by atoms with Crippen molar-refractivity contribution in [3.63, 3.8) is 0 Å². The molecule has 0 aliphatic carbocycles. The minimum atomic E-state index is -1.20. The molecule has 0 bridgehead atoms. The van der Waals surface area contributed by atoms with Crippen molar-refractivity contribution in [3.8, 4) is 5.75 Å². The molecule has 2 aromatic carbocycles. The van der Waals surface area contributed by atoms with Gasteiger partial charge in [-0.15, -0.1) is 0 Å². The Bertz CT molecular complexity index is 654. The van der Waals surface area contributed by atoms with E-state index >= 15 is 0 Å². The van der Waals surface area contributed by atoms with Crippen LogP contribution < -0.4 is 15.6 Å². The number of carboxylic acid groups (broad SMARTS) is 1. The van der Waals surface area contributed by atoms with E-state index in [0.717, 1.165) is 11.1 Å². The van der Waals surface area contributed by atoms with Gasteiger partial charge in [0, 0.05) is 6.42 Å². The number of rotatable bonds is 6. The predicted octanol–water partition coefficient (Wildman–Crippen LogP) is 0.305. The van der Waals surface area contributed by atoms with Crippen LogP contribution in [-0.4, -0.2) is 18.2 Å². The van der Waals surface area contributed by atoms with Gasteiger partial charge in [0.2, 0.25) is 0 Å². The summed E-state index contributed by atoms with van der Waals surface area (Å²) >= 11 is 0. The number of quaternary nitrogens is 1. The summed E-state index contributed by atoms with van der Waals surface area (Å²) in [6, 6.07) is 14.9. The largest absolute Gasteiger partial charge is 0.544 e. The first-order chi connectivity index (χ1) is 11.0. The van der Waals surface area contributed by atoms with Crippen LogP contribution in [0.3, 0.4) is 0 Å². The number of hydrogen-bond donors (Lipinski definition) is 1. The number of carbonyl (C=O) groups is 2. The van der Waals surface area contributed by atoms with Crippen LogP contribution in [0.25, 0.3) is 0 Å². The fraction of sp³-hybridized carbons (Fsp3) is 0.176. The van der Waals surface area contributed by atoms with Gasteiger partial charge < -0.3 is 25.1 Å². The summed E-state index contributed by atoms with van der Waals surface area (Å²) in [5.41, 5.74) is 5.12. The van der Waals surface area contributed by atoms with Gasteiger partial charge >= 0.3 is 6.16 Å². The van der Waals surface area contributed by atoms with E-state index in [2.05, 4.69) is 5.73 Å². The zero-order valence-electron chi connectivity index (χ0n) is 12.4. The third-order valence-corrected chi connectivity index (χ3v) is 3.14. The maximum Gasteiger partial charge on any atom is 0.514 e. The average Bonchev–Trinajstić information content (AvgIpc) is 2.55. The van der Waals surface area contributed by atoms with Gasteiger partial charge in [-0.1, -0.05) is 42.5 Å². The highest BCUT2D eigenvalue weighted by atomic mass is 16.7. The molecule has 0 radical (unpaired) electrons. The Balaban J connectivity index is 1.83. The Morgan fingerprint density at radius 1 is 1.00 bits per heavy atom. The lowest BCUT2D eigenvalue weighted by atomic mass is 10.1. The molecule has 23 heavy (non-hydrogen) atoms.